The third-order valence-electron chi connectivity index (χ3n) is 2.08. The van der Waals surface area contributed by atoms with Crippen molar-refractivity contribution in [3.63, 3.8) is 0 Å². The highest BCUT2D eigenvalue weighted by molar-refractivity contribution is 9.12. The van der Waals surface area contributed by atoms with E-state index in [2.05, 4.69) is 52.8 Å². The minimum atomic E-state index is -0.0962. The minimum Gasteiger partial charge on any atom is -0.321 e. The lowest BCUT2D eigenvalue weighted by Crippen LogP contribution is -2.16. The topological polar surface area (TPSA) is 32.9 Å². The van der Waals surface area contributed by atoms with E-state index in [-0.39, 0.29) is 15.2 Å². The summed E-state index contributed by atoms with van der Waals surface area (Å²) < 4.78 is 0.565. The first kappa shape index (κ1) is 10.6. The predicted molar refractivity (Wildman–Crippen MR) is 68.2 cm³/mol. The van der Waals surface area contributed by atoms with Gasteiger partial charge in [0.05, 0.1) is 9.30 Å². The lowest BCUT2D eigenvalue weighted by atomic mass is 10.0. The number of aromatic amines is 1. The summed E-state index contributed by atoms with van der Waals surface area (Å²) in [6, 6.07) is 1.85. The molecule has 0 amide bonds. The Kier molecular flexibility index (Phi) is 3.00. The number of hydrogen-bond donors (Lipinski definition) is 1. The van der Waals surface area contributed by atoms with Crippen molar-refractivity contribution in [2.45, 2.75) is 9.65 Å². The highest BCUT2D eigenvalue weighted by Gasteiger charge is 2.22. The average molecular weight is 384 g/mol. The molecule has 0 spiro atoms. The lowest BCUT2D eigenvalue weighted by molar-refractivity contribution is 0.969. The molecule has 0 bridgehead atoms. The average Bonchev–Trinajstić information content (AvgIpc) is 2.15. The number of nitrogens with one attached hydrogen (secondary N) is 1. The summed E-state index contributed by atoms with van der Waals surface area (Å²) in [5, 5.41) is 0. The van der Waals surface area contributed by atoms with Crippen LogP contribution in [-0.4, -0.2) is 9.81 Å². The molecule has 2 rings (SSSR count). The Morgan fingerprint density at radius 2 is 2.07 bits per heavy atom. The van der Waals surface area contributed by atoms with E-state index < -0.39 is 0 Å². The van der Waals surface area contributed by atoms with Crippen molar-refractivity contribution in [1.29, 1.82) is 0 Å². The molecule has 1 heterocycles. The van der Waals surface area contributed by atoms with Crippen molar-refractivity contribution in [3.8, 4) is 0 Å². The fourth-order valence-electron chi connectivity index (χ4n) is 1.36. The largest absolute Gasteiger partial charge is 0.321 e. The highest BCUT2D eigenvalue weighted by atomic mass is 79.9. The van der Waals surface area contributed by atoms with Crippen LogP contribution in [0.15, 0.2) is 21.4 Å². The number of fused-ring (bicyclic) bond motifs is 1. The molecule has 0 fully saturated rings. The molecule has 5 heteroatoms. The molecule has 14 heavy (non-hydrogen) atoms. The van der Waals surface area contributed by atoms with Gasteiger partial charge < -0.3 is 4.98 Å². The number of halogens is 3. The number of allylic oxidation sites excluding steroid dienone is 1. The van der Waals surface area contributed by atoms with Crippen molar-refractivity contribution in [1.82, 2.24) is 4.98 Å². The summed E-state index contributed by atoms with van der Waals surface area (Å²) in [4.78, 5) is 14.6. The van der Waals surface area contributed by atoms with Crippen molar-refractivity contribution in [2.24, 2.45) is 0 Å². The van der Waals surface area contributed by atoms with Gasteiger partial charge in [0.2, 0.25) is 0 Å². The number of hydrogen-bond acceptors (Lipinski definition) is 1. The van der Waals surface area contributed by atoms with E-state index in [1.54, 1.807) is 0 Å². The molecule has 0 aromatic carbocycles. The van der Waals surface area contributed by atoms with Gasteiger partial charge in [0.1, 0.15) is 0 Å². The van der Waals surface area contributed by atoms with Gasteiger partial charge in [-0.2, -0.15) is 0 Å². The molecule has 1 aromatic heterocycles. The first-order chi connectivity index (χ1) is 6.59. The summed E-state index contributed by atoms with van der Waals surface area (Å²) in [6.45, 7) is 0. The van der Waals surface area contributed by atoms with Crippen LogP contribution in [0.1, 0.15) is 16.1 Å². The second-order valence-electron chi connectivity index (χ2n) is 3.02. The van der Waals surface area contributed by atoms with Crippen molar-refractivity contribution in [2.75, 3.05) is 0 Å². The van der Waals surface area contributed by atoms with Gasteiger partial charge in [0, 0.05) is 10.5 Å². The number of alkyl halides is 2. The van der Waals surface area contributed by atoms with Crippen LogP contribution in [0.4, 0.5) is 0 Å². The van der Waals surface area contributed by atoms with Crippen LogP contribution >= 0.6 is 47.8 Å². The number of pyridine rings is 1. The van der Waals surface area contributed by atoms with Gasteiger partial charge in [-0.1, -0.05) is 37.9 Å². The molecule has 1 aliphatic carbocycles. The monoisotopic (exact) mass is 381 g/mol. The summed E-state index contributed by atoms with van der Waals surface area (Å²) >= 11 is 10.3. The molecular weight excluding hydrogens is 378 g/mol. The van der Waals surface area contributed by atoms with Gasteiger partial charge in [0.25, 0.3) is 5.56 Å². The third-order valence-corrected chi connectivity index (χ3v) is 5.28. The fourth-order valence-corrected chi connectivity index (χ4v) is 2.70. The molecule has 0 radical (unpaired) electrons. The Labute approximate surface area is 106 Å². The maximum Gasteiger partial charge on any atom is 0.262 e. The second kappa shape index (κ2) is 3.94. The zero-order chi connectivity index (χ0) is 10.3. The molecule has 2 nitrogen and oxygen atoms in total. The van der Waals surface area contributed by atoms with Crippen LogP contribution in [-0.2, 0) is 0 Å². The van der Waals surface area contributed by atoms with E-state index in [0.29, 0.717) is 4.47 Å². The third kappa shape index (κ3) is 1.77. The molecule has 1 aliphatic rings. The van der Waals surface area contributed by atoms with Crippen LogP contribution in [0.3, 0.4) is 0 Å². The molecule has 0 saturated heterocycles. The van der Waals surface area contributed by atoms with E-state index in [0.717, 1.165) is 11.3 Å². The molecule has 2 atom stereocenters. The van der Waals surface area contributed by atoms with Crippen molar-refractivity contribution < 1.29 is 0 Å². The Morgan fingerprint density at radius 1 is 1.36 bits per heavy atom. The first-order valence-electron chi connectivity index (χ1n) is 3.98. The van der Waals surface area contributed by atoms with Crippen LogP contribution in [0.5, 0.6) is 0 Å². The summed E-state index contributed by atoms with van der Waals surface area (Å²) in [5.74, 6) is 0. The second-order valence-corrected chi connectivity index (χ2v) is 5.92. The van der Waals surface area contributed by atoms with Crippen LogP contribution in [0, 0.1) is 0 Å². The number of H-pyrrole nitrogens is 1. The van der Waals surface area contributed by atoms with Crippen molar-refractivity contribution >= 4 is 53.9 Å². The van der Waals surface area contributed by atoms with E-state index in [9.17, 15) is 4.79 Å². The SMILES string of the molecule is O=c1[nH]c2c(cc1Br)[C@H](Br)[C@@H](Br)C=C2. The number of aromatic nitrogens is 1. The minimum absolute atomic E-state index is 0.0962. The Bertz CT molecular complexity index is 452. The predicted octanol–water partition coefficient (Wildman–Crippen LogP) is 3.36. The standard InChI is InChI=1S/C9H6Br3NO/c10-5-1-2-7-4(8(5)12)3-6(11)9(14)13-7/h1-3,5,8H,(H,13,14)/t5-,8-/m0/s1. The molecule has 1 aromatic rings. The summed E-state index contributed by atoms with van der Waals surface area (Å²) in [6.07, 6.45) is 3.92. The van der Waals surface area contributed by atoms with Crippen LogP contribution < -0.4 is 5.56 Å². The number of rotatable bonds is 0. The quantitative estimate of drug-likeness (QED) is 0.685. The van der Waals surface area contributed by atoms with Crippen LogP contribution in [0.25, 0.3) is 6.08 Å². The molecular formula is C9H6Br3NO. The van der Waals surface area contributed by atoms with Gasteiger partial charge in [-0.05, 0) is 33.6 Å². The fraction of sp³-hybridized carbons (Fsp3) is 0.222. The highest BCUT2D eigenvalue weighted by Crippen LogP contribution is 2.37. The summed E-state index contributed by atoms with van der Waals surface area (Å²) in [5.41, 5.74) is 1.86. The summed E-state index contributed by atoms with van der Waals surface area (Å²) in [7, 11) is 0. The van der Waals surface area contributed by atoms with Gasteiger partial charge in [-0.15, -0.1) is 0 Å². The van der Waals surface area contributed by atoms with Crippen molar-refractivity contribution in [3.05, 3.63) is 38.2 Å². The van der Waals surface area contributed by atoms with Gasteiger partial charge >= 0.3 is 0 Å². The molecule has 0 unspecified atom stereocenters. The Hall–Kier alpha value is 0.130. The lowest BCUT2D eigenvalue weighted by Gasteiger charge is -2.20. The van der Waals surface area contributed by atoms with Gasteiger partial charge in [0.15, 0.2) is 0 Å². The molecule has 1 N–H and O–H groups in total. The zero-order valence-electron chi connectivity index (χ0n) is 6.93. The molecule has 0 aliphatic heterocycles. The van der Waals surface area contributed by atoms with E-state index >= 15 is 0 Å². The first-order valence-corrected chi connectivity index (χ1v) is 6.61. The normalized spacial score (nSPS) is 24.8. The van der Waals surface area contributed by atoms with E-state index in [1.807, 2.05) is 18.2 Å². The van der Waals surface area contributed by atoms with Gasteiger partial charge in [-0.3, -0.25) is 4.79 Å². The maximum atomic E-state index is 11.3. The van der Waals surface area contributed by atoms with Crippen LogP contribution in [0.2, 0.25) is 0 Å². The van der Waals surface area contributed by atoms with E-state index in [1.165, 1.54) is 0 Å². The Balaban J connectivity index is 2.64. The molecule has 74 valence electrons. The molecule has 0 saturated carbocycles. The Morgan fingerprint density at radius 3 is 2.79 bits per heavy atom. The zero-order valence-corrected chi connectivity index (χ0v) is 11.7. The van der Waals surface area contributed by atoms with Gasteiger partial charge in [-0.25, -0.2) is 0 Å². The maximum absolute atomic E-state index is 11.3. The smallest absolute Gasteiger partial charge is 0.262 e. The van der Waals surface area contributed by atoms with E-state index in [4.69, 9.17) is 0 Å².